The second kappa shape index (κ2) is 5.77. The maximum Gasteiger partial charge on any atom is 0.235 e. The fourth-order valence-corrected chi connectivity index (χ4v) is 4.00. The summed E-state index contributed by atoms with van der Waals surface area (Å²) in [7, 11) is -3.37. The van der Waals surface area contributed by atoms with Crippen molar-refractivity contribution in [2.24, 2.45) is 0 Å². The zero-order valence-electron chi connectivity index (χ0n) is 9.62. The Morgan fingerprint density at radius 3 is 2.67 bits per heavy atom. The van der Waals surface area contributed by atoms with Crippen LogP contribution in [0.3, 0.4) is 0 Å². The average Bonchev–Trinajstić information content (AvgIpc) is 2.35. The Labute approximate surface area is 120 Å². The van der Waals surface area contributed by atoms with Gasteiger partial charge in [0.05, 0.1) is 16.0 Å². The highest BCUT2D eigenvalue weighted by atomic mass is 79.9. The largest absolute Gasteiger partial charge is 0.317 e. The van der Waals surface area contributed by atoms with Gasteiger partial charge in [-0.25, -0.2) is 8.42 Å². The third kappa shape index (κ3) is 3.38. The maximum absolute atomic E-state index is 12.2. The molecule has 2 N–H and O–H groups in total. The monoisotopic (exact) mass is 352 g/mol. The third-order valence-corrected chi connectivity index (χ3v) is 5.58. The van der Waals surface area contributed by atoms with Crippen molar-refractivity contribution >= 4 is 43.2 Å². The summed E-state index contributed by atoms with van der Waals surface area (Å²) in [5.41, 5.74) is 0.421. The van der Waals surface area contributed by atoms with Gasteiger partial charge >= 0.3 is 0 Å². The van der Waals surface area contributed by atoms with Crippen LogP contribution in [0.15, 0.2) is 22.7 Å². The summed E-state index contributed by atoms with van der Waals surface area (Å²) in [6, 6.07) is 5.09. The minimum Gasteiger partial charge on any atom is -0.317 e. The van der Waals surface area contributed by atoms with Gasteiger partial charge < -0.3 is 5.32 Å². The number of hydrogen-bond acceptors (Lipinski definition) is 3. The number of anilines is 1. The van der Waals surface area contributed by atoms with Crippen LogP contribution < -0.4 is 10.0 Å². The molecule has 1 heterocycles. The van der Waals surface area contributed by atoms with Crippen LogP contribution in [0.1, 0.15) is 12.8 Å². The molecule has 1 aliphatic rings. The zero-order valence-corrected chi connectivity index (χ0v) is 12.8. The van der Waals surface area contributed by atoms with Crippen molar-refractivity contribution in [2.45, 2.75) is 18.1 Å². The van der Waals surface area contributed by atoms with Gasteiger partial charge in [-0.15, -0.1) is 0 Å². The van der Waals surface area contributed by atoms with Crippen molar-refractivity contribution in [3.05, 3.63) is 27.7 Å². The molecule has 100 valence electrons. The highest BCUT2D eigenvalue weighted by molar-refractivity contribution is 9.10. The van der Waals surface area contributed by atoms with E-state index in [1.54, 1.807) is 18.2 Å². The van der Waals surface area contributed by atoms with Gasteiger partial charge in [0.15, 0.2) is 0 Å². The average molecular weight is 354 g/mol. The van der Waals surface area contributed by atoms with Gasteiger partial charge in [-0.05, 0) is 44.1 Å². The van der Waals surface area contributed by atoms with E-state index in [0.717, 1.165) is 17.6 Å². The fraction of sp³-hybridized carbons (Fsp3) is 0.455. The van der Waals surface area contributed by atoms with Gasteiger partial charge in [0.25, 0.3) is 0 Å². The minimum atomic E-state index is -3.37. The molecule has 18 heavy (non-hydrogen) atoms. The molecule has 1 aliphatic heterocycles. The molecule has 1 aromatic carbocycles. The van der Waals surface area contributed by atoms with Crippen molar-refractivity contribution in [1.82, 2.24) is 5.32 Å². The van der Waals surface area contributed by atoms with Crippen LogP contribution in [0, 0.1) is 0 Å². The zero-order chi connectivity index (χ0) is 13.2. The van der Waals surface area contributed by atoms with Crippen molar-refractivity contribution in [3.8, 4) is 0 Å². The second-order valence-corrected chi connectivity index (χ2v) is 7.50. The number of piperidine rings is 1. The van der Waals surface area contributed by atoms with E-state index in [2.05, 4.69) is 26.0 Å². The molecular weight excluding hydrogens is 340 g/mol. The van der Waals surface area contributed by atoms with Crippen LogP contribution >= 0.6 is 27.5 Å². The highest BCUT2D eigenvalue weighted by Crippen LogP contribution is 2.28. The molecule has 0 radical (unpaired) electrons. The molecule has 7 heteroatoms. The Balaban J connectivity index is 2.18. The molecule has 0 aliphatic carbocycles. The first kappa shape index (κ1) is 14.1. The van der Waals surface area contributed by atoms with Gasteiger partial charge in [0.1, 0.15) is 0 Å². The summed E-state index contributed by atoms with van der Waals surface area (Å²) in [6.07, 6.45) is 1.25. The molecule has 0 spiro atoms. The van der Waals surface area contributed by atoms with Crippen LogP contribution in [0.25, 0.3) is 0 Å². The molecule has 1 saturated heterocycles. The Bertz CT molecular complexity index is 530. The van der Waals surface area contributed by atoms with Crippen LogP contribution in [0.4, 0.5) is 5.69 Å². The first-order chi connectivity index (χ1) is 8.49. The quantitative estimate of drug-likeness (QED) is 0.878. The SMILES string of the molecule is O=S(=O)(Nc1cc(Br)ccc1Cl)C1CCNCC1. The number of rotatable bonds is 3. The molecule has 0 atom stereocenters. The Morgan fingerprint density at radius 1 is 1.33 bits per heavy atom. The second-order valence-electron chi connectivity index (χ2n) is 4.22. The topological polar surface area (TPSA) is 58.2 Å². The van der Waals surface area contributed by atoms with Crippen molar-refractivity contribution in [3.63, 3.8) is 0 Å². The van der Waals surface area contributed by atoms with E-state index in [-0.39, 0.29) is 5.25 Å². The number of halogens is 2. The van der Waals surface area contributed by atoms with E-state index in [4.69, 9.17) is 11.6 Å². The normalized spacial score (nSPS) is 17.7. The number of sulfonamides is 1. The highest BCUT2D eigenvalue weighted by Gasteiger charge is 2.27. The number of hydrogen-bond donors (Lipinski definition) is 2. The molecule has 0 amide bonds. The Kier molecular flexibility index (Phi) is 4.53. The number of benzene rings is 1. The summed E-state index contributed by atoms with van der Waals surface area (Å²) in [5.74, 6) is 0. The third-order valence-electron chi connectivity index (χ3n) is 2.91. The smallest absolute Gasteiger partial charge is 0.235 e. The summed E-state index contributed by atoms with van der Waals surface area (Å²) in [5, 5.41) is 3.19. The van der Waals surface area contributed by atoms with E-state index >= 15 is 0 Å². The minimum absolute atomic E-state index is 0.353. The lowest BCUT2D eigenvalue weighted by atomic mass is 10.2. The van der Waals surface area contributed by atoms with Crippen LogP contribution in [0.5, 0.6) is 0 Å². The lowest BCUT2D eigenvalue weighted by molar-refractivity contribution is 0.499. The Morgan fingerprint density at radius 2 is 2.00 bits per heavy atom. The summed E-state index contributed by atoms with van der Waals surface area (Å²) >= 11 is 9.28. The van der Waals surface area contributed by atoms with Crippen molar-refractivity contribution in [2.75, 3.05) is 17.8 Å². The molecule has 0 bridgehead atoms. The van der Waals surface area contributed by atoms with E-state index in [1.165, 1.54) is 0 Å². The lowest BCUT2D eigenvalue weighted by Gasteiger charge is -2.23. The fourth-order valence-electron chi connectivity index (χ4n) is 1.92. The van der Waals surface area contributed by atoms with Gasteiger partial charge in [0, 0.05) is 4.47 Å². The van der Waals surface area contributed by atoms with Crippen LogP contribution in [0.2, 0.25) is 5.02 Å². The Hall–Kier alpha value is -0.300. The van der Waals surface area contributed by atoms with Crippen molar-refractivity contribution in [1.29, 1.82) is 0 Å². The van der Waals surface area contributed by atoms with Crippen molar-refractivity contribution < 1.29 is 8.42 Å². The van der Waals surface area contributed by atoms with E-state index < -0.39 is 10.0 Å². The van der Waals surface area contributed by atoms with E-state index in [0.29, 0.717) is 23.6 Å². The molecule has 2 rings (SSSR count). The van der Waals surface area contributed by atoms with Crippen LogP contribution in [-0.4, -0.2) is 26.8 Å². The van der Waals surface area contributed by atoms with Crippen LogP contribution in [-0.2, 0) is 10.0 Å². The molecular formula is C11H14BrClN2O2S. The molecule has 1 aromatic rings. The standard InChI is InChI=1S/C11H14BrClN2O2S/c12-8-1-2-10(13)11(7-8)15-18(16,17)9-3-5-14-6-4-9/h1-2,7,9,14-15H,3-6H2. The molecule has 0 saturated carbocycles. The molecule has 1 fully saturated rings. The molecule has 4 nitrogen and oxygen atoms in total. The molecule has 0 unspecified atom stereocenters. The van der Waals surface area contributed by atoms with Gasteiger partial charge in [-0.2, -0.15) is 0 Å². The lowest BCUT2D eigenvalue weighted by Crippen LogP contribution is -2.38. The van der Waals surface area contributed by atoms with Gasteiger partial charge in [-0.3, -0.25) is 4.72 Å². The predicted octanol–water partition coefficient (Wildman–Crippen LogP) is 2.60. The summed E-state index contributed by atoms with van der Waals surface area (Å²) < 4.78 is 27.8. The van der Waals surface area contributed by atoms with E-state index in [1.807, 2.05) is 0 Å². The summed E-state index contributed by atoms with van der Waals surface area (Å²) in [4.78, 5) is 0. The number of nitrogens with one attached hydrogen (secondary N) is 2. The first-order valence-corrected chi connectivity index (χ1v) is 8.38. The van der Waals surface area contributed by atoms with Gasteiger partial charge in [0.2, 0.25) is 10.0 Å². The van der Waals surface area contributed by atoms with E-state index in [9.17, 15) is 8.42 Å². The maximum atomic E-state index is 12.2. The predicted molar refractivity (Wildman–Crippen MR) is 77.6 cm³/mol. The van der Waals surface area contributed by atoms with Gasteiger partial charge in [-0.1, -0.05) is 27.5 Å². The molecule has 0 aromatic heterocycles. The summed E-state index contributed by atoms with van der Waals surface area (Å²) in [6.45, 7) is 1.47. The first-order valence-electron chi connectivity index (χ1n) is 5.66.